The molecule has 92 valence electrons. The Balaban J connectivity index is 2.56. The van der Waals surface area contributed by atoms with Gasteiger partial charge in [0.15, 0.2) is 0 Å². The number of carbonyl (C=O) groups excluding carboxylic acids is 1. The van der Waals surface area contributed by atoms with Crippen LogP contribution in [0.15, 0.2) is 0 Å². The van der Waals surface area contributed by atoms with Gasteiger partial charge in [-0.05, 0) is 26.3 Å². The minimum Gasteiger partial charge on any atom is -0.480 e. The number of rotatable bonds is 4. The van der Waals surface area contributed by atoms with E-state index in [-0.39, 0.29) is 11.9 Å². The number of nitrogens with zero attached hydrogens (tertiary/aromatic N) is 2. The van der Waals surface area contributed by atoms with Crippen molar-refractivity contribution in [3.05, 3.63) is 0 Å². The molecular weight excluding hydrogens is 208 g/mol. The summed E-state index contributed by atoms with van der Waals surface area (Å²) in [5.41, 5.74) is 0. The first-order valence-corrected chi connectivity index (χ1v) is 5.62. The molecular formula is C11H20N2O3. The first kappa shape index (κ1) is 13.0. The van der Waals surface area contributed by atoms with Gasteiger partial charge in [-0.2, -0.15) is 0 Å². The van der Waals surface area contributed by atoms with Crippen molar-refractivity contribution in [2.45, 2.75) is 38.3 Å². The van der Waals surface area contributed by atoms with E-state index < -0.39 is 12.0 Å². The number of likely N-dealkylation sites (tertiary alicyclic amines) is 1. The standard InChI is InChI=1S/C11H20N2O3/c1-8(7-10(14)12(2)3)13-6-4-5-9(13)11(15)16/h8-9H,4-7H2,1-3H3,(H,15,16). The van der Waals surface area contributed by atoms with E-state index in [0.29, 0.717) is 12.8 Å². The van der Waals surface area contributed by atoms with Crippen molar-refractivity contribution < 1.29 is 14.7 Å². The molecule has 0 bridgehead atoms. The largest absolute Gasteiger partial charge is 0.480 e. The first-order valence-electron chi connectivity index (χ1n) is 5.62. The summed E-state index contributed by atoms with van der Waals surface area (Å²) in [5, 5.41) is 9.04. The molecule has 1 N–H and O–H groups in total. The summed E-state index contributed by atoms with van der Waals surface area (Å²) in [6, 6.07) is -0.413. The van der Waals surface area contributed by atoms with E-state index in [4.69, 9.17) is 5.11 Å². The fourth-order valence-corrected chi connectivity index (χ4v) is 2.13. The Morgan fingerprint density at radius 2 is 2.12 bits per heavy atom. The molecule has 0 aromatic rings. The summed E-state index contributed by atoms with van der Waals surface area (Å²) < 4.78 is 0. The van der Waals surface area contributed by atoms with Crippen LogP contribution in [0.25, 0.3) is 0 Å². The zero-order chi connectivity index (χ0) is 12.3. The van der Waals surface area contributed by atoms with Crippen molar-refractivity contribution in [2.75, 3.05) is 20.6 Å². The lowest BCUT2D eigenvalue weighted by atomic mass is 10.1. The molecule has 0 aliphatic carbocycles. The molecule has 1 fully saturated rings. The van der Waals surface area contributed by atoms with Crippen LogP contribution in [0.3, 0.4) is 0 Å². The molecule has 1 aliphatic heterocycles. The normalized spacial score (nSPS) is 23.1. The van der Waals surface area contributed by atoms with Gasteiger partial charge in [-0.3, -0.25) is 14.5 Å². The monoisotopic (exact) mass is 228 g/mol. The second-order valence-electron chi connectivity index (χ2n) is 4.58. The highest BCUT2D eigenvalue weighted by molar-refractivity contribution is 5.77. The summed E-state index contributed by atoms with van der Waals surface area (Å²) in [6.07, 6.45) is 1.98. The van der Waals surface area contributed by atoms with Gasteiger partial charge in [-0.25, -0.2) is 0 Å². The van der Waals surface area contributed by atoms with E-state index in [0.717, 1.165) is 13.0 Å². The molecule has 1 rings (SSSR count). The molecule has 1 saturated heterocycles. The van der Waals surface area contributed by atoms with Crippen molar-refractivity contribution in [1.29, 1.82) is 0 Å². The van der Waals surface area contributed by atoms with Crippen molar-refractivity contribution >= 4 is 11.9 Å². The van der Waals surface area contributed by atoms with Crippen molar-refractivity contribution in [1.82, 2.24) is 9.80 Å². The van der Waals surface area contributed by atoms with Crippen LogP contribution in [-0.2, 0) is 9.59 Å². The summed E-state index contributed by atoms with van der Waals surface area (Å²) in [5.74, 6) is -0.731. The third kappa shape index (κ3) is 2.95. The average Bonchev–Trinajstić information content (AvgIpc) is 2.65. The Labute approximate surface area is 96.0 Å². The zero-order valence-electron chi connectivity index (χ0n) is 10.1. The molecule has 0 aromatic heterocycles. The van der Waals surface area contributed by atoms with Crippen molar-refractivity contribution in [3.63, 3.8) is 0 Å². The van der Waals surface area contributed by atoms with Crippen LogP contribution in [0.4, 0.5) is 0 Å². The Morgan fingerprint density at radius 1 is 1.50 bits per heavy atom. The molecule has 2 atom stereocenters. The molecule has 5 nitrogen and oxygen atoms in total. The van der Waals surface area contributed by atoms with Crippen LogP contribution in [0.2, 0.25) is 0 Å². The van der Waals surface area contributed by atoms with Crippen molar-refractivity contribution in [3.8, 4) is 0 Å². The van der Waals surface area contributed by atoms with E-state index >= 15 is 0 Å². The van der Waals surface area contributed by atoms with Gasteiger partial charge in [0.1, 0.15) is 6.04 Å². The van der Waals surface area contributed by atoms with Crippen LogP contribution < -0.4 is 0 Å². The predicted octanol–water partition coefficient (Wildman–Crippen LogP) is 0.402. The van der Waals surface area contributed by atoms with E-state index in [1.807, 2.05) is 11.8 Å². The van der Waals surface area contributed by atoms with Crippen molar-refractivity contribution in [2.24, 2.45) is 0 Å². The molecule has 0 saturated carbocycles. The SMILES string of the molecule is CC(CC(=O)N(C)C)N1CCCC1C(=O)O. The first-order chi connectivity index (χ1) is 7.43. The highest BCUT2D eigenvalue weighted by Gasteiger charge is 2.34. The molecule has 0 radical (unpaired) electrons. The van der Waals surface area contributed by atoms with Crippen LogP contribution in [0.5, 0.6) is 0 Å². The molecule has 1 heterocycles. The second kappa shape index (κ2) is 5.30. The number of amides is 1. The third-order valence-corrected chi connectivity index (χ3v) is 3.11. The Bertz CT molecular complexity index is 278. The Morgan fingerprint density at radius 3 is 2.62 bits per heavy atom. The summed E-state index contributed by atoms with van der Waals surface area (Å²) in [4.78, 5) is 26.0. The Hall–Kier alpha value is -1.10. The Kier molecular flexibility index (Phi) is 4.29. The lowest BCUT2D eigenvalue weighted by molar-refractivity contribution is -0.143. The minimum absolute atomic E-state index is 0.00139. The second-order valence-corrected chi connectivity index (χ2v) is 4.58. The van der Waals surface area contributed by atoms with Gasteiger partial charge in [0.2, 0.25) is 5.91 Å². The molecule has 1 aliphatic rings. The highest BCUT2D eigenvalue weighted by Crippen LogP contribution is 2.21. The van der Waals surface area contributed by atoms with Crippen LogP contribution >= 0.6 is 0 Å². The van der Waals surface area contributed by atoms with Crippen LogP contribution in [0.1, 0.15) is 26.2 Å². The molecule has 0 aromatic carbocycles. The quantitative estimate of drug-likeness (QED) is 0.756. The fraction of sp³-hybridized carbons (Fsp3) is 0.818. The maximum absolute atomic E-state index is 11.5. The van der Waals surface area contributed by atoms with Gasteiger partial charge in [0.05, 0.1) is 0 Å². The lowest BCUT2D eigenvalue weighted by Gasteiger charge is -2.28. The highest BCUT2D eigenvalue weighted by atomic mass is 16.4. The molecule has 0 spiro atoms. The summed E-state index contributed by atoms with van der Waals surface area (Å²) in [7, 11) is 3.43. The van der Waals surface area contributed by atoms with E-state index in [1.165, 1.54) is 0 Å². The minimum atomic E-state index is -0.776. The van der Waals surface area contributed by atoms with E-state index in [2.05, 4.69) is 0 Å². The summed E-state index contributed by atoms with van der Waals surface area (Å²) >= 11 is 0. The topological polar surface area (TPSA) is 60.9 Å². The number of hydrogen-bond acceptors (Lipinski definition) is 3. The number of carboxylic acid groups (broad SMARTS) is 1. The van der Waals surface area contributed by atoms with Crippen LogP contribution in [-0.4, -0.2) is 59.5 Å². The van der Waals surface area contributed by atoms with Gasteiger partial charge >= 0.3 is 5.97 Å². The molecule has 2 unspecified atom stereocenters. The molecule has 5 heteroatoms. The molecule has 1 amide bonds. The maximum atomic E-state index is 11.5. The fourth-order valence-electron chi connectivity index (χ4n) is 2.13. The van der Waals surface area contributed by atoms with E-state index in [9.17, 15) is 9.59 Å². The van der Waals surface area contributed by atoms with Gasteiger partial charge in [-0.1, -0.05) is 0 Å². The van der Waals surface area contributed by atoms with Gasteiger partial charge in [0, 0.05) is 26.6 Å². The lowest BCUT2D eigenvalue weighted by Crippen LogP contribution is -2.43. The van der Waals surface area contributed by atoms with Gasteiger partial charge in [0.25, 0.3) is 0 Å². The van der Waals surface area contributed by atoms with E-state index in [1.54, 1.807) is 19.0 Å². The predicted molar refractivity (Wildman–Crippen MR) is 60.1 cm³/mol. The van der Waals surface area contributed by atoms with Crippen LogP contribution in [0, 0.1) is 0 Å². The zero-order valence-corrected chi connectivity index (χ0v) is 10.1. The number of carboxylic acids is 1. The van der Waals surface area contributed by atoms with Gasteiger partial charge < -0.3 is 10.0 Å². The number of carbonyl (C=O) groups is 2. The average molecular weight is 228 g/mol. The van der Waals surface area contributed by atoms with Gasteiger partial charge in [-0.15, -0.1) is 0 Å². The summed E-state index contributed by atoms with van der Waals surface area (Å²) in [6.45, 7) is 2.70. The third-order valence-electron chi connectivity index (χ3n) is 3.11. The number of aliphatic carboxylic acids is 1. The number of hydrogen-bond donors (Lipinski definition) is 1. The molecule has 16 heavy (non-hydrogen) atoms. The maximum Gasteiger partial charge on any atom is 0.320 e. The smallest absolute Gasteiger partial charge is 0.320 e.